The summed E-state index contributed by atoms with van der Waals surface area (Å²) in [5, 5.41) is 10.0. The van der Waals surface area contributed by atoms with Crippen molar-refractivity contribution in [3.8, 4) is 0 Å². The van der Waals surface area contributed by atoms with Crippen LogP contribution in [0.2, 0.25) is 0 Å². The van der Waals surface area contributed by atoms with Crippen LogP contribution in [0.4, 0.5) is 5.69 Å². The van der Waals surface area contributed by atoms with Gasteiger partial charge in [-0.15, -0.1) is 11.3 Å². The van der Waals surface area contributed by atoms with Crippen molar-refractivity contribution in [2.24, 2.45) is 11.3 Å². The maximum Gasteiger partial charge on any atom is 0.266 e. The molecule has 2 aliphatic rings. The zero-order chi connectivity index (χ0) is 20.8. The number of piperazine rings is 1. The van der Waals surface area contributed by atoms with Crippen LogP contribution in [0.1, 0.15) is 48.1 Å². The second-order valence-corrected chi connectivity index (χ2v) is 10.5. The van der Waals surface area contributed by atoms with Crippen LogP contribution in [0.25, 0.3) is 10.2 Å². The Hall–Kier alpha value is -1.70. The van der Waals surface area contributed by atoms with Gasteiger partial charge in [0.1, 0.15) is 9.71 Å². The number of rotatable bonds is 3. The van der Waals surface area contributed by atoms with Gasteiger partial charge in [-0.2, -0.15) is 0 Å². The summed E-state index contributed by atoms with van der Waals surface area (Å²) in [7, 11) is 0. The number of hydrogen-bond donors (Lipinski definition) is 2. The third-order valence-corrected chi connectivity index (χ3v) is 7.68. The number of aliphatic hydroxyl groups excluding tert-OH is 1. The molecule has 3 heterocycles. The van der Waals surface area contributed by atoms with Crippen LogP contribution in [-0.4, -0.2) is 65.1 Å². The smallest absolute Gasteiger partial charge is 0.266 e. The Kier molecular flexibility index (Phi) is 5.57. The van der Waals surface area contributed by atoms with E-state index in [1.165, 1.54) is 29.0 Å². The van der Waals surface area contributed by atoms with E-state index in [2.05, 4.69) is 31.7 Å². The summed E-state index contributed by atoms with van der Waals surface area (Å²) in [5.74, 6) is 0.658. The number of thiophene rings is 1. The van der Waals surface area contributed by atoms with Crippen molar-refractivity contribution in [2.75, 3.05) is 45.1 Å². The van der Waals surface area contributed by atoms with Gasteiger partial charge in [0.15, 0.2) is 0 Å². The van der Waals surface area contributed by atoms with Gasteiger partial charge in [-0.25, -0.2) is 4.98 Å². The highest BCUT2D eigenvalue weighted by Crippen LogP contribution is 2.40. The zero-order valence-corrected chi connectivity index (χ0v) is 18.5. The minimum Gasteiger partial charge on any atom is -0.397 e. The van der Waals surface area contributed by atoms with Crippen molar-refractivity contribution in [1.29, 1.82) is 0 Å². The van der Waals surface area contributed by atoms with E-state index < -0.39 is 0 Å². The number of carbonyl (C=O) groups excluding carboxylic acids is 1. The van der Waals surface area contributed by atoms with Crippen LogP contribution in [0.15, 0.2) is 6.07 Å². The van der Waals surface area contributed by atoms with Gasteiger partial charge in [-0.1, -0.05) is 20.8 Å². The standard InChI is InChI=1S/C22H32N4O2S/c1-22(2,3)15-4-5-17-14(12-15)13-16-18(23)19(29-20(16)24-17)21(28)26-8-6-25(7-9-26)10-11-27/h13,15,27H,4-12,23H2,1-3H3. The summed E-state index contributed by atoms with van der Waals surface area (Å²) in [6.45, 7) is 10.7. The summed E-state index contributed by atoms with van der Waals surface area (Å²) in [6, 6.07) is 2.19. The Morgan fingerprint density at radius 2 is 2.03 bits per heavy atom. The number of aryl methyl sites for hydroxylation is 1. The molecule has 158 valence electrons. The first-order chi connectivity index (χ1) is 13.8. The molecule has 1 fully saturated rings. The Bertz CT molecular complexity index is 910. The lowest BCUT2D eigenvalue weighted by Crippen LogP contribution is -2.49. The highest BCUT2D eigenvalue weighted by molar-refractivity contribution is 7.21. The molecule has 1 atom stereocenters. The molecule has 2 aromatic rings. The summed E-state index contributed by atoms with van der Waals surface area (Å²) in [5.41, 5.74) is 9.80. The van der Waals surface area contributed by atoms with E-state index in [4.69, 9.17) is 15.8 Å². The fourth-order valence-corrected chi connectivity index (χ4v) is 5.61. The molecule has 3 N–H and O–H groups in total. The van der Waals surface area contributed by atoms with Crippen molar-refractivity contribution < 1.29 is 9.90 Å². The molecular weight excluding hydrogens is 384 g/mol. The Balaban J connectivity index is 1.58. The van der Waals surface area contributed by atoms with Gasteiger partial charge in [-0.05, 0) is 42.2 Å². The number of β-amino-alcohol motifs (C(OH)–C–C–N with tert-alkyl or cyclic N) is 1. The fraction of sp³-hybridized carbons (Fsp3) is 0.636. The van der Waals surface area contributed by atoms with Gasteiger partial charge < -0.3 is 15.7 Å². The summed E-state index contributed by atoms with van der Waals surface area (Å²) in [6.07, 6.45) is 3.20. The van der Waals surface area contributed by atoms with Crippen molar-refractivity contribution >= 4 is 33.1 Å². The van der Waals surface area contributed by atoms with E-state index in [9.17, 15) is 4.79 Å². The summed E-state index contributed by atoms with van der Waals surface area (Å²) in [4.78, 5) is 23.6. The van der Waals surface area contributed by atoms with E-state index in [0.717, 1.165) is 36.1 Å². The highest BCUT2D eigenvalue weighted by atomic mass is 32.1. The molecule has 29 heavy (non-hydrogen) atoms. The number of nitrogens with zero attached hydrogens (tertiary/aromatic N) is 3. The van der Waals surface area contributed by atoms with Gasteiger partial charge in [-0.3, -0.25) is 9.69 Å². The van der Waals surface area contributed by atoms with Crippen LogP contribution in [-0.2, 0) is 12.8 Å². The molecule has 0 saturated carbocycles. The second-order valence-electron chi connectivity index (χ2n) is 9.45. The Morgan fingerprint density at radius 1 is 1.31 bits per heavy atom. The number of hydrogen-bond acceptors (Lipinski definition) is 6. The van der Waals surface area contributed by atoms with Crippen LogP contribution in [0, 0.1) is 11.3 Å². The molecule has 1 saturated heterocycles. The predicted molar refractivity (Wildman–Crippen MR) is 118 cm³/mol. The largest absolute Gasteiger partial charge is 0.397 e. The quantitative estimate of drug-likeness (QED) is 0.804. The predicted octanol–water partition coefficient (Wildman–Crippen LogP) is 2.78. The van der Waals surface area contributed by atoms with Crippen molar-refractivity contribution in [2.45, 2.75) is 40.0 Å². The average Bonchev–Trinajstić information content (AvgIpc) is 3.01. The molecule has 0 aromatic carbocycles. The van der Waals surface area contributed by atoms with E-state index in [1.807, 2.05) is 4.90 Å². The Labute approximate surface area is 176 Å². The molecule has 1 unspecified atom stereocenters. The summed E-state index contributed by atoms with van der Waals surface area (Å²) < 4.78 is 0. The molecule has 1 aliphatic carbocycles. The van der Waals surface area contributed by atoms with Gasteiger partial charge in [0.05, 0.1) is 12.3 Å². The van der Waals surface area contributed by atoms with Gasteiger partial charge in [0.25, 0.3) is 5.91 Å². The summed E-state index contributed by atoms with van der Waals surface area (Å²) >= 11 is 1.43. The fourth-order valence-electron chi connectivity index (χ4n) is 4.55. The first-order valence-electron chi connectivity index (χ1n) is 10.6. The molecule has 0 radical (unpaired) electrons. The number of anilines is 1. The third-order valence-electron chi connectivity index (χ3n) is 6.58. The number of carbonyl (C=O) groups is 1. The lowest BCUT2D eigenvalue weighted by atomic mass is 9.71. The molecule has 6 nitrogen and oxygen atoms in total. The van der Waals surface area contributed by atoms with Gasteiger partial charge >= 0.3 is 0 Å². The highest BCUT2D eigenvalue weighted by Gasteiger charge is 2.31. The molecule has 1 amide bonds. The SMILES string of the molecule is CC(C)(C)C1CCc2nc3sc(C(=O)N4CCN(CCO)CC4)c(N)c3cc2C1. The normalized spacial score (nSPS) is 20.8. The number of aromatic nitrogens is 1. The average molecular weight is 417 g/mol. The van der Waals surface area contributed by atoms with E-state index in [0.29, 0.717) is 36.1 Å². The number of fused-ring (bicyclic) bond motifs is 2. The van der Waals surface area contributed by atoms with E-state index in [1.54, 1.807) is 0 Å². The van der Waals surface area contributed by atoms with Crippen LogP contribution >= 0.6 is 11.3 Å². The van der Waals surface area contributed by atoms with E-state index in [-0.39, 0.29) is 17.9 Å². The molecule has 7 heteroatoms. The van der Waals surface area contributed by atoms with Gasteiger partial charge in [0, 0.05) is 43.8 Å². The molecule has 2 aromatic heterocycles. The minimum absolute atomic E-state index is 0.0136. The van der Waals surface area contributed by atoms with Crippen LogP contribution in [0.5, 0.6) is 0 Å². The lowest BCUT2D eigenvalue weighted by Gasteiger charge is -2.34. The molecular formula is C22H32N4O2S. The lowest BCUT2D eigenvalue weighted by molar-refractivity contribution is 0.0620. The first kappa shape index (κ1) is 20.6. The van der Waals surface area contributed by atoms with Crippen molar-refractivity contribution in [3.63, 3.8) is 0 Å². The minimum atomic E-state index is 0.0136. The molecule has 1 aliphatic heterocycles. The third kappa shape index (κ3) is 4.00. The van der Waals surface area contributed by atoms with Crippen molar-refractivity contribution in [1.82, 2.24) is 14.8 Å². The van der Waals surface area contributed by atoms with Crippen LogP contribution in [0.3, 0.4) is 0 Å². The van der Waals surface area contributed by atoms with Crippen molar-refractivity contribution in [3.05, 3.63) is 22.2 Å². The molecule has 0 spiro atoms. The number of nitrogen functional groups attached to an aromatic ring is 1. The number of aliphatic hydroxyl groups is 1. The Morgan fingerprint density at radius 3 is 2.69 bits per heavy atom. The zero-order valence-electron chi connectivity index (χ0n) is 17.7. The second kappa shape index (κ2) is 7.85. The number of amides is 1. The molecule has 4 rings (SSSR count). The molecule has 0 bridgehead atoms. The van der Waals surface area contributed by atoms with Gasteiger partial charge in [0.2, 0.25) is 0 Å². The van der Waals surface area contributed by atoms with E-state index >= 15 is 0 Å². The topological polar surface area (TPSA) is 82.7 Å². The maximum atomic E-state index is 13.1. The van der Waals surface area contributed by atoms with Crippen LogP contribution < -0.4 is 5.73 Å². The first-order valence-corrected chi connectivity index (χ1v) is 11.4. The number of pyridine rings is 1. The number of nitrogens with two attached hydrogens (primary N) is 1. The monoisotopic (exact) mass is 416 g/mol. The maximum absolute atomic E-state index is 13.1.